The molecule has 1 amide bonds. The zero-order chi connectivity index (χ0) is 25.4. The lowest BCUT2D eigenvalue weighted by atomic mass is 9.84. The number of hydrogen-bond donors (Lipinski definition) is 2. The van der Waals surface area contributed by atoms with Gasteiger partial charge in [-0.1, -0.05) is 6.07 Å². The topological polar surface area (TPSA) is 79.8 Å². The Morgan fingerprint density at radius 2 is 1.71 bits per heavy atom. The average molecular weight is 494 g/mol. The van der Waals surface area contributed by atoms with Gasteiger partial charge >= 0.3 is 5.97 Å². The molecule has 3 rings (SSSR count). The smallest absolute Gasteiger partial charge is 0.306 e. The number of guanidine groups is 1. The Balaban J connectivity index is 1.69. The normalized spacial score (nSPS) is 18.1. The van der Waals surface area contributed by atoms with Crippen LogP contribution in [0.4, 0.5) is 17.6 Å². The number of rotatable bonds is 7. The van der Waals surface area contributed by atoms with Crippen LogP contribution in [0, 0.1) is 29.2 Å². The fraction of sp³-hybridized carbons (Fsp3) is 0.400. The van der Waals surface area contributed by atoms with Crippen LogP contribution in [0.3, 0.4) is 0 Å². The maximum Gasteiger partial charge on any atom is 0.306 e. The minimum absolute atomic E-state index is 0.0253. The fourth-order valence-electron chi connectivity index (χ4n) is 3.91. The van der Waals surface area contributed by atoms with E-state index >= 15 is 0 Å². The van der Waals surface area contributed by atoms with Crippen molar-refractivity contribution in [3.63, 3.8) is 0 Å². The van der Waals surface area contributed by atoms with Crippen molar-refractivity contribution in [2.24, 2.45) is 10.9 Å². The number of nitrogens with one attached hydrogen (secondary N) is 2. The van der Waals surface area contributed by atoms with E-state index in [1.807, 2.05) is 0 Å². The third kappa shape index (κ3) is 7.80. The molecule has 0 unspecified atom stereocenters. The number of hydrogen-bond acceptors (Lipinski definition) is 4. The van der Waals surface area contributed by atoms with Crippen molar-refractivity contribution in [1.82, 2.24) is 10.6 Å². The maximum absolute atomic E-state index is 14.0. The van der Waals surface area contributed by atoms with Gasteiger partial charge in [0.1, 0.15) is 11.6 Å². The zero-order valence-corrected chi connectivity index (χ0v) is 19.3. The van der Waals surface area contributed by atoms with Crippen molar-refractivity contribution in [2.75, 3.05) is 6.61 Å². The second kappa shape index (κ2) is 12.3. The van der Waals surface area contributed by atoms with E-state index in [4.69, 9.17) is 4.74 Å². The molecule has 0 heterocycles. The number of nitrogens with zero attached hydrogens (tertiary/aromatic N) is 1. The first kappa shape index (κ1) is 26.2. The predicted octanol–water partition coefficient (Wildman–Crippen LogP) is 4.63. The Bertz CT molecular complexity index is 1090. The minimum atomic E-state index is -1.17. The molecule has 2 N–H and O–H groups in total. The maximum atomic E-state index is 14.0. The molecule has 0 radical (unpaired) electrons. The summed E-state index contributed by atoms with van der Waals surface area (Å²) >= 11 is 0. The van der Waals surface area contributed by atoms with E-state index in [0.717, 1.165) is 43.2 Å². The third-order valence-corrected chi connectivity index (χ3v) is 5.78. The molecule has 6 nitrogen and oxygen atoms in total. The first-order chi connectivity index (χ1) is 16.7. The molecule has 0 bridgehead atoms. The fourth-order valence-corrected chi connectivity index (χ4v) is 3.91. The van der Waals surface area contributed by atoms with E-state index in [0.29, 0.717) is 25.9 Å². The first-order valence-electron chi connectivity index (χ1n) is 11.4. The van der Waals surface area contributed by atoms with Crippen LogP contribution < -0.4 is 10.6 Å². The lowest BCUT2D eigenvalue weighted by molar-refractivity contribution is -0.144. The van der Waals surface area contributed by atoms with Gasteiger partial charge in [-0.15, -0.1) is 0 Å². The van der Waals surface area contributed by atoms with E-state index < -0.39 is 29.2 Å². The van der Waals surface area contributed by atoms with Crippen molar-refractivity contribution >= 4 is 17.8 Å². The number of carbonyl (C=O) groups excluding carboxylic acids is 2. The first-order valence-corrected chi connectivity index (χ1v) is 11.4. The van der Waals surface area contributed by atoms with Crippen LogP contribution in [0.5, 0.6) is 0 Å². The molecule has 0 aliphatic heterocycles. The standard InChI is InChI=1S/C25H27F4N3O3/c1-2-35-23(33)11-15-3-8-19(9-4-15)31-25(30-14-17-5-7-18(26)13-21(17)28)32-24(34)16-6-10-20(27)22(29)12-16/h5-7,10,12-13,15,19H,2-4,8-9,11,14H2,1H3,(H2,30,31,32,34). The quantitative estimate of drug-likeness (QED) is 0.255. The summed E-state index contributed by atoms with van der Waals surface area (Å²) in [4.78, 5) is 28.6. The summed E-state index contributed by atoms with van der Waals surface area (Å²) in [5, 5.41) is 5.65. The molecule has 1 saturated carbocycles. The number of carbonyl (C=O) groups is 2. The SMILES string of the molecule is CCOC(=O)CC1CCC(NC(=NCc2ccc(F)cc2F)NC(=O)c2ccc(F)c(F)c2)CC1. The van der Waals surface area contributed by atoms with Gasteiger partial charge in [-0.05, 0) is 62.8 Å². The molecule has 2 aromatic carbocycles. The zero-order valence-electron chi connectivity index (χ0n) is 19.3. The van der Waals surface area contributed by atoms with Crippen LogP contribution in [-0.2, 0) is 16.1 Å². The van der Waals surface area contributed by atoms with Crippen LogP contribution >= 0.6 is 0 Å². The molecule has 0 atom stereocenters. The minimum Gasteiger partial charge on any atom is -0.466 e. The second-order valence-electron chi connectivity index (χ2n) is 8.35. The van der Waals surface area contributed by atoms with Gasteiger partial charge in [-0.2, -0.15) is 0 Å². The molecular weight excluding hydrogens is 466 g/mol. The number of halogens is 4. The third-order valence-electron chi connectivity index (χ3n) is 5.78. The van der Waals surface area contributed by atoms with E-state index in [9.17, 15) is 27.2 Å². The van der Waals surface area contributed by atoms with Crippen LogP contribution in [0.1, 0.15) is 54.9 Å². The van der Waals surface area contributed by atoms with E-state index in [2.05, 4.69) is 15.6 Å². The van der Waals surface area contributed by atoms with Gasteiger partial charge in [0.15, 0.2) is 17.6 Å². The molecule has 35 heavy (non-hydrogen) atoms. The summed E-state index contributed by atoms with van der Waals surface area (Å²) < 4.78 is 59.0. The number of amides is 1. The van der Waals surface area contributed by atoms with Gasteiger partial charge in [0, 0.05) is 29.7 Å². The van der Waals surface area contributed by atoms with E-state index in [1.165, 1.54) is 6.07 Å². The summed E-state index contributed by atoms with van der Waals surface area (Å²) in [7, 11) is 0. The van der Waals surface area contributed by atoms with Crippen molar-refractivity contribution in [3.05, 3.63) is 70.8 Å². The molecule has 0 saturated heterocycles. The number of esters is 1. The van der Waals surface area contributed by atoms with Crippen LogP contribution in [0.2, 0.25) is 0 Å². The average Bonchev–Trinajstić information content (AvgIpc) is 2.81. The van der Waals surface area contributed by atoms with Gasteiger partial charge in [-0.3, -0.25) is 14.9 Å². The van der Waals surface area contributed by atoms with Crippen LogP contribution in [0.15, 0.2) is 41.4 Å². The Kier molecular flexibility index (Phi) is 9.22. The highest BCUT2D eigenvalue weighted by Gasteiger charge is 2.25. The summed E-state index contributed by atoms with van der Waals surface area (Å²) in [6.07, 6.45) is 3.24. The van der Waals surface area contributed by atoms with Gasteiger partial charge in [-0.25, -0.2) is 22.6 Å². The number of benzene rings is 2. The molecule has 1 aliphatic carbocycles. The van der Waals surface area contributed by atoms with E-state index in [1.54, 1.807) is 6.92 Å². The molecule has 0 spiro atoms. The monoisotopic (exact) mass is 493 g/mol. The highest BCUT2D eigenvalue weighted by atomic mass is 19.2. The lowest BCUT2D eigenvalue weighted by Gasteiger charge is -2.29. The van der Waals surface area contributed by atoms with Crippen LogP contribution in [-0.4, -0.2) is 30.5 Å². The van der Waals surface area contributed by atoms with Crippen molar-refractivity contribution in [1.29, 1.82) is 0 Å². The summed E-state index contributed by atoms with van der Waals surface area (Å²) in [5.74, 6) is -4.50. The molecule has 2 aromatic rings. The lowest BCUT2D eigenvalue weighted by Crippen LogP contribution is -2.47. The Hall–Kier alpha value is -3.43. The predicted molar refractivity (Wildman–Crippen MR) is 121 cm³/mol. The Morgan fingerprint density at radius 3 is 2.37 bits per heavy atom. The van der Waals surface area contributed by atoms with Gasteiger partial charge in [0.05, 0.1) is 13.2 Å². The van der Waals surface area contributed by atoms with Gasteiger partial charge in [0.2, 0.25) is 0 Å². The molecule has 1 fully saturated rings. The largest absolute Gasteiger partial charge is 0.466 e. The van der Waals surface area contributed by atoms with Crippen molar-refractivity contribution in [3.8, 4) is 0 Å². The van der Waals surface area contributed by atoms with Gasteiger partial charge in [0.25, 0.3) is 5.91 Å². The Morgan fingerprint density at radius 1 is 0.971 bits per heavy atom. The molecule has 10 heteroatoms. The highest BCUT2D eigenvalue weighted by molar-refractivity contribution is 6.05. The molecule has 188 valence electrons. The molecular formula is C25H27F4N3O3. The van der Waals surface area contributed by atoms with Crippen LogP contribution in [0.25, 0.3) is 0 Å². The molecule has 0 aromatic heterocycles. The van der Waals surface area contributed by atoms with Crippen molar-refractivity contribution in [2.45, 2.75) is 51.6 Å². The summed E-state index contributed by atoms with van der Waals surface area (Å²) in [5.41, 5.74) is -0.00423. The number of aliphatic imine (C=N–C) groups is 1. The van der Waals surface area contributed by atoms with Crippen molar-refractivity contribution < 1.29 is 31.9 Å². The molecule has 1 aliphatic rings. The number of ether oxygens (including phenoxy) is 1. The second-order valence-corrected chi connectivity index (χ2v) is 8.35. The summed E-state index contributed by atoms with van der Waals surface area (Å²) in [6, 6.07) is 5.75. The van der Waals surface area contributed by atoms with Gasteiger partial charge < -0.3 is 10.1 Å². The summed E-state index contributed by atoms with van der Waals surface area (Å²) in [6.45, 7) is 1.90. The Labute approximate surface area is 200 Å². The van der Waals surface area contributed by atoms with E-state index in [-0.39, 0.29) is 41.6 Å². The highest BCUT2D eigenvalue weighted by Crippen LogP contribution is 2.27.